The summed E-state index contributed by atoms with van der Waals surface area (Å²) in [6.07, 6.45) is 3.85. The summed E-state index contributed by atoms with van der Waals surface area (Å²) in [7, 11) is 0. The van der Waals surface area contributed by atoms with E-state index in [2.05, 4.69) is 43.9 Å². The standard InChI is InChI=1S/C15H23N/c1-4-16(5-2)14-10-9-13-8-6-7-12(3)15(13)11-14/h6-8,14H,4-5,9-11H2,1-3H3. The Balaban J connectivity index is 2.19. The van der Waals surface area contributed by atoms with Crippen molar-refractivity contribution in [2.45, 2.75) is 46.1 Å². The molecule has 2 rings (SSSR count). The summed E-state index contributed by atoms with van der Waals surface area (Å²) in [6.45, 7) is 9.17. The molecule has 1 nitrogen and oxygen atoms in total. The van der Waals surface area contributed by atoms with E-state index >= 15 is 0 Å². The fraction of sp³-hybridized carbons (Fsp3) is 0.600. The van der Waals surface area contributed by atoms with Crippen molar-refractivity contribution < 1.29 is 0 Å². The van der Waals surface area contributed by atoms with Crippen LogP contribution in [0.4, 0.5) is 0 Å². The number of hydrogen-bond acceptors (Lipinski definition) is 1. The second-order valence-corrected chi connectivity index (χ2v) is 4.83. The van der Waals surface area contributed by atoms with E-state index in [0.717, 1.165) is 6.04 Å². The third kappa shape index (κ3) is 2.15. The van der Waals surface area contributed by atoms with Crippen molar-refractivity contribution in [2.75, 3.05) is 13.1 Å². The zero-order valence-electron chi connectivity index (χ0n) is 10.8. The minimum atomic E-state index is 0.767. The van der Waals surface area contributed by atoms with Crippen LogP contribution >= 0.6 is 0 Å². The summed E-state index contributed by atoms with van der Waals surface area (Å²) < 4.78 is 0. The van der Waals surface area contributed by atoms with Gasteiger partial charge in [0.25, 0.3) is 0 Å². The molecule has 1 aromatic rings. The van der Waals surface area contributed by atoms with Gasteiger partial charge in [-0.15, -0.1) is 0 Å². The van der Waals surface area contributed by atoms with Crippen LogP contribution in [0.2, 0.25) is 0 Å². The number of benzene rings is 1. The third-order valence-corrected chi connectivity index (χ3v) is 4.02. The van der Waals surface area contributed by atoms with Crippen LogP contribution in [0.1, 0.15) is 37.0 Å². The molecule has 1 aromatic carbocycles. The molecule has 1 aliphatic rings. The molecule has 1 heteroatoms. The van der Waals surface area contributed by atoms with Gasteiger partial charge in [-0.2, -0.15) is 0 Å². The van der Waals surface area contributed by atoms with E-state index < -0.39 is 0 Å². The lowest BCUT2D eigenvalue weighted by Crippen LogP contribution is -2.39. The van der Waals surface area contributed by atoms with Gasteiger partial charge in [-0.3, -0.25) is 0 Å². The minimum Gasteiger partial charge on any atom is -0.301 e. The summed E-state index contributed by atoms with van der Waals surface area (Å²) in [6, 6.07) is 7.53. The molecule has 1 aliphatic carbocycles. The Kier molecular flexibility index (Phi) is 3.65. The summed E-state index contributed by atoms with van der Waals surface area (Å²) in [5, 5.41) is 0. The first-order valence-electron chi connectivity index (χ1n) is 6.57. The van der Waals surface area contributed by atoms with Crippen molar-refractivity contribution in [1.29, 1.82) is 0 Å². The minimum absolute atomic E-state index is 0.767. The number of aryl methyl sites for hydroxylation is 2. The molecule has 0 aliphatic heterocycles. The van der Waals surface area contributed by atoms with Crippen LogP contribution < -0.4 is 0 Å². The topological polar surface area (TPSA) is 3.24 Å². The van der Waals surface area contributed by atoms with Crippen molar-refractivity contribution in [3.8, 4) is 0 Å². The van der Waals surface area contributed by atoms with Gasteiger partial charge in [0.15, 0.2) is 0 Å². The first-order valence-corrected chi connectivity index (χ1v) is 6.57. The Morgan fingerprint density at radius 1 is 1.25 bits per heavy atom. The molecule has 0 N–H and O–H groups in total. The SMILES string of the molecule is CCN(CC)C1CCc2cccc(C)c2C1. The molecule has 1 atom stereocenters. The summed E-state index contributed by atoms with van der Waals surface area (Å²) >= 11 is 0. The largest absolute Gasteiger partial charge is 0.301 e. The highest BCUT2D eigenvalue weighted by atomic mass is 15.1. The molecule has 0 saturated carbocycles. The lowest BCUT2D eigenvalue weighted by Gasteiger charge is -2.34. The fourth-order valence-electron chi connectivity index (χ4n) is 3.00. The lowest BCUT2D eigenvalue weighted by molar-refractivity contribution is 0.198. The summed E-state index contributed by atoms with van der Waals surface area (Å²) in [4.78, 5) is 2.61. The summed E-state index contributed by atoms with van der Waals surface area (Å²) in [5.41, 5.74) is 4.68. The molecule has 0 saturated heterocycles. The number of hydrogen-bond donors (Lipinski definition) is 0. The van der Waals surface area contributed by atoms with Gasteiger partial charge in [-0.1, -0.05) is 32.0 Å². The van der Waals surface area contributed by atoms with E-state index in [4.69, 9.17) is 0 Å². The van der Waals surface area contributed by atoms with Crippen molar-refractivity contribution in [3.63, 3.8) is 0 Å². The normalized spacial score (nSPS) is 19.9. The fourth-order valence-corrected chi connectivity index (χ4v) is 3.00. The zero-order valence-corrected chi connectivity index (χ0v) is 10.8. The van der Waals surface area contributed by atoms with Gasteiger partial charge in [-0.25, -0.2) is 0 Å². The van der Waals surface area contributed by atoms with E-state index in [1.54, 1.807) is 11.1 Å². The molecule has 0 heterocycles. The molecule has 0 amide bonds. The Hall–Kier alpha value is -0.820. The van der Waals surface area contributed by atoms with Gasteiger partial charge in [-0.05, 0) is 56.0 Å². The molecule has 1 unspecified atom stereocenters. The van der Waals surface area contributed by atoms with E-state index in [0.29, 0.717) is 0 Å². The first-order chi connectivity index (χ1) is 7.76. The monoisotopic (exact) mass is 217 g/mol. The molecule has 0 spiro atoms. The van der Waals surface area contributed by atoms with E-state index in [-0.39, 0.29) is 0 Å². The molecule has 0 radical (unpaired) electrons. The first kappa shape index (κ1) is 11.7. The van der Waals surface area contributed by atoms with Crippen LogP contribution in [0, 0.1) is 6.92 Å². The Morgan fingerprint density at radius 3 is 2.69 bits per heavy atom. The molecule has 88 valence electrons. The maximum Gasteiger partial charge on any atom is 0.0139 e. The number of fused-ring (bicyclic) bond motifs is 1. The molecule has 0 aromatic heterocycles. The van der Waals surface area contributed by atoms with Crippen molar-refractivity contribution >= 4 is 0 Å². The number of likely N-dealkylation sites (N-methyl/N-ethyl adjacent to an activating group) is 1. The number of rotatable bonds is 3. The molecular weight excluding hydrogens is 194 g/mol. The number of nitrogens with zero attached hydrogens (tertiary/aromatic N) is 1. The van der Waals surface area contributed by atoms with Gasteiger partial charge in [0.1, 0.15) is 0 Å². The molecular formula is C15H23N. The van der Waals surface area contributed by atoms with Crippen LogP contribution in [0.15, 0.2) is 18.2 Å². The third-order valence-electron chi connectivity index (χ3n) is 4.02. The Bertz CT molecular complexity index is 352. The highest BCUT2D eigenvalue weighted by Gasteiger charge is 2.23. The van der Waals surface area contributed by atoms with Gasteiger partial charge < -0.3 is 4.90 Å². The molecule has 0 bridgehead atoms. The lowest BCUT2D eigenvalue weighted by atomic mass is 9.85. The smallest absolute Gasteiger partial charge is 0.0139 e. The average Bonchev–Trinajstić information content (AvgIpc) is 2.32. The van der Waals surface area contributed by atoms with Crippen LogP contribution in [0.25, 0.3) is 0 Å². The Labute approximate surface area is 99.5 Å². The van der Waals surface area contributed by atoms with Gasteiger partial charge in [0.2, 0.25) is 0 Å². The maximum absolute atomic E-state index is 2.61. The zero-order chi connectivity index (χ0) is 11.5. The predicted molar refractivity (Wildman–Crippen MR) is 69.9 cm³/mol. The van der Waals surface area contributed by atoms with Crippen LogP contribution in [0.3, 0.4) is 0 Å². The average molecular weight is 217 g/mol. The summed E-state index contributed by atoms with van der Waals surface area (Å²) in [5.74, 6) is 0. The van der Waals surface area contributed by atoms with Gasteiger partial charge >= 0.3 is 0 Å². The van der Waals surface area contributed by atoms with Gasteiger partial charge in [0, 0.05) is 6.04 Å². The highest BCUT2D eigenvalue weighted by molar-refractivity contribution is 5.37. The van der Waals surface area contributed by atoms with Crippen molar-refractivity contribution in [1.82, 2.24) is 4.90 Å². The van der Waals surface area contributed by atoms with Crippen LogP contribution in [0.5, 0.6) is 0 Å². The highest BCUT2D eigenvalue weighted by Crippen LogP contribution is 2.26. The molecule has 16 heavy (non-hydrogen) atoms. The van der Waals surface area contributed by atoms with E-state index in [9.17, 15) is 0 Å². The van der Waals surface area contributed by atoms with Crippen LogP contribution in [-0.4, -0.2) is 24.0 Å². The maximum atomic E-state index is 2.61. The Morgan fingerprint density at radius 2 is 2.00 bits per heavy atom. The second kappa shape index (κ2) is 5.01. The quantitative estimate of drug-likeness (QED) is 0.751. The van der Waals surface area contributed by atoms with Crippen molar-refractivity contribution in [3.05, 3.63) is 34.9 Å². The second-order valence-electron chi connectivity index (χ2n) is 4.83. The van der Waals surface area contributed by atoms with Crippen LogP contribution in [-0.2, 0) is 12.8 Å². The molecule has 0 fully saturated rings. The predicted octanol–water partition coefficient (Wildman–Crippen LogP) is 3.19. The van der Waals surface area contributed by atoms with E-state index in [1.807, 2.05) is 0 Å². The van der Waals surface area contributed by atoms with Gasteiger partial charge in [0.05, 0.1) is 0 Å². The van der Waals surface area contributed by atoms with E-state index in [1.165, 1.54) is 37.9 Å². The van der Waals surface area contributed by atoms with Crippen molar-refractivity contribution in [2.24, 2.45) is 0 Å².